The van der Waals surface area contributed by atoms with E-state index in [0.717, 1.165) is 16.5 Å². The first-order valence-electron chi connectivity index (χ1n) is 5.13. The molecule has 0 fully saturated rings. The summed E-state index contributed by atoms with van der Waals surface area (Å²) in [6.45, 7) is 0. The topological polar surface area (TPSA) is 52.0 Å². The molecule has 0 saturated heterocycles. The number of rotatable bonds is 3. The van der Waals surface area contributed by atoms with Gasteiger partial charge < -0.3 is 10.2 Å². The molecule has 5 heteroatoms. The van der Waals surface area contributed by atoms with Crippen molar-refractivity contribution in [3.05, 3.63) is 52.1 Å². The number of thiophene rings is 1. The minimum Gasteiger partial charge on any atom is -0.467 e. The van der Waals surface area contributed by atoms with Crippen LogP contribution in [0.15, 0.2) is 45.7 Å². The van der Waals surface area contributed by atoms with Gasteiger partial charge in [0.15, 0.2) is 0 Å². The summed E-state index contributed by atoms with van der Waals surface area (Å²) in [6, 6.07) is 7.51. The summed E-state index contributed by atoms with van der Waals surface area (Å²) in [5.74, 6) is 0.747. The molecule has 3 aromatic heterocycles. The minimum atomic E-state index is -0.274. The van der Waals surface area contributed by atoms with E-state index in [1.807, 2.05) is 29.0 Å². The van der Waals surface area contributed by atoms with Gasteiger partial charge >= 0.3 is 0 Å². The van der Waals surface area contributed by atoms with Crippen molar-refractivity contribution in [1.29, 1.82) is 0 Å². The van der Waals surface area contributed by atoms with E-state index in [9.17, 15) is 0 Å². The van der Waals surface area contributed by atoms with Crippen molar-refractivity contribution in [2.45, 2.75) is 6.04 Å². The van der Waals surface area contributed by atoms with Gasteiger partial charge in [0, 0.05) is 5.38 Å². The van der Waals surface area contributed by atoms with Gasteiger partial charge in [-0.25, -0.2) is 4.98 Å². The molecule has 0 spiro atoms. The van der Waals surface area contributed by atoms with Crippen LogP contribution < -0.4 is 5.73 Å². The van der Waals surface area contributed by atoms with Crippen molar-refractivity contribution in [3.8, 4) is 10.6 Å². The Morgan fingerprint density at radius 1 is 1.24 bits per heavy atom. The number of nitrogens with two attached hydrogens (primary N) is 1. The average Bonchev–Trinajstić information content (AvgIpc) is 3.09. The third kappa shape index (κ3) is 2.04. The fraction of sp³-hybridized carbons (Fsp3) is 0.0833. The Bertz CT molecular complexity index is 584. The Morgan fingerprint density at radius 2 is 2.18 bits per heavy atom. The molecule has 0 aliphatic carbocycles. The molecule has 0 radical (unpaired) electrons. The standard InChI is InChI=1S/C12H10N2OS2/c13-11(9-3-1-5-15-9)12-14-8(7-17-12)10-4-2-6-16-10/h1-7,11H,13H2. The molecule has 0 aromatic carbocycles. The van der Waals surface area contributed by atoms with Crippen molar-refractivity contribution >= 4 is 22.7 Å². The van der Waals surface area contributed by atoms with E-state index in [1.54, 1.807) is 28.9 Å². The maximum atomic E-state index is 6.09. The van der Waals surface area contributed by atoms with Gasteiger partial charge in [0.1, 0.15) is 16.8 Å². The second-order valence-corrected chi connectivity index (χ2v) is 5.38. The van der Waals surface area contributed by atoms with Crippen molar-refractivity contribution in [2.75, 3.05) is 0 Å². The first-order valence-corrected chi connectivity index (χ1v) is 6.89. The highest BCUT2D eigenvalue weighted by Crippen LogP contribution is 2.30. The quantitative estimate of drug-likeness (QED) is 0.785. The first kappa shape index (κ1) is 10.7. The Morgan fingerprint density at radius 3 is 2.88 bits per heavy atom. The molecule has 0 aliphatic rings. The van der Waals surface area contributed by atoms with Crippen molar-refractivity contribution in [2.24, 2.45) is 5.73 Å². The largest absolute Gasteiger partial charge is 0.467 e. The lowest BCUT2D eigenvalue weighted by Crippen LogP contribution is -2.10. The van der Waals surface area contributed by atoms with Gasteiger partial charge in [-0.3, -0.25) is 0 Å². The smallest absolute Gasteiger partial charge is 0.127 e. The summed E-state index contributed by atoms with van der Waals surface area (Å²) in [7, 11) is 0. The van der Waals surface area contributed by atoms with Gasteiger partial charge in [-0.2, -0.15) is 0 Å². The van der Waals surface area contributed by atoms with Gasteiger partial charge in [-0.15, -0.1) is 22.7 Å². The molecule has 0 saturated carbocycles. The summed E-state index contributed by atoms with van der Waals surface area (Å²) in [5.41, 5.74) is 7.07. The lowest BCUT2D eigenvalue weighted by Gasteiger charge is -2.03. The zero-order valence-corrected chi connectivity index (χ0v) is 10.5. The summed E-state index contributed by atoms with van der Waals surface area (Å²) in [4.78, 5) is 5.72. The SMILES string of the molecule is NC(c1ccco1)c1nc(-c2cccs2)cs1. The molecule has 3 nitrogen and oxygen atoms in total. The molecular weight excluding hydrogens is 252 g/mol. The van der Waals surface area contributed by atoms with Crippen LogP contribution in [0.25, 0.3) is 10.6 Å². The first-order chi connectivity index (χ1) is 8.34. The van der Waals surface area contributed by atoms with Crippen LogP contribution >= 0.6 is 22.7 Å². The van der Waals surface area contributed by atoms with Gasteiger partial charge in [0.25, 0.3) is 0 Å². The summed E-state index contributed by atoms with van der Waals surface area (Å²) in [5, 5.41) is 4.95. The van der Waals surface area contributed by atoms with E-state index in [1.165, 1.54) is 4.88 Å². The van der Waals surface area contributed by atoms with Crippen LogP contribution in [0.5, 0.6) is 0 Å². The zero-order valence-electron chi connectivity index (χ0n) is 8.87. The molecule has 0 aliphatic heterocycles. The van der Waals surface area contributed by atoms with Crippen molar-refractivity contribution in [1.82, 2.24) is 4.98 Å². The Balaban J connectivity index is 1.90. The van der Waals surface area contributed by atoms with E-state index >= 15 is 0 Å². The third-order valence-electron chi connectivity index (χ3n) is 2.41. The number of thiazole rings is 1. The van der Waals surface area contributed by atoms with Crippen LogP contribution in [0.2, 0.25) is 0 Å². The summed E-state index contributed by atoms with van der Waals surface area (Å²) in [6.07, 6.45) is 1.63. The van der Waals surface area contributed by atoms with E-state index in [2.05, 4.69) is 11.1 Å². The highest BCUT2D eigenvalue weighted by Gasteiger charge is 2.16. The number of nitrogens with zero attached hydrogens (tertiary/aromatic N) is 1. The van der Waals surface area contributed by atoms with Gasteiger partial charge in [0.05, 0.1) is 16.8 Å². The van der Waals surface area contributed by atoms with Crippen LogP contribution in [0.4, 0.5) is 0 Å². The predicted octanol–water partition coefficient (Wildman–Crippen LogP) is 3.51. The van der Waals surface area contributed by atoms with Crippen molar-refractivity contribution < 1.29 is 4.42 Å². The summed E-state index contributed by atoms with van der Waals surface area (Å²) < 4.78 is 5.29. The number of aromatic nitrogens is 1. The van der Waals surface area contributed by atoms with Gasteiger partial charge in [0.2, 0.25) is 0 Å². The van der Waals surface area contributed by atoms with Gasteiger partial charge in [-0.1, -0.05) is 6.07 Å². The Hall–Kier alpha value is -1.43. The normalized spacial score (nSPS) is 12.8. The molecule has 1 atom stereocenters. The molecular formula is C12H10N2OS2. The second kappa shape index (κ2) is 4.44. The number of furan rings is 1. The highest BCUT2D eigenvalue weighted by atomic mass is 32.1. The van der Waals surface area contributed by atoms with E-state index in [0.29, 0.717) is 0 Å². The van der Waals surface area contributed by atoms with Gasteiger partial charge in [-0.05, 0) is 23.6 Å². The predicted molar refractivity (Wildman–Crippen MR) is 70.2 cm³/mol. The van der Waals surface area contributed by atoms with Crippen LogP contribution in [-0.4, -0.2) is 4.98 Å². The zero-order chi connectivity index (χ0) is 11.7. The fourth-order valence-electron chi connectivity index (χ4n) is 1.56. The van der Waals surface area contributed by atoms with E-state index in [4.69, 9.17) is 10.2 Å². The molecule has 0 amide bonds. The lowest BCUT2D eigenvalue weighted by atomic mass is 10.2. The van der Waals surface area contributed by atoms with Crippen molar-refractivity contribution in [3.63, 3.8) is 0 Å². The molecule has 3 aromatic rings. The van der Waals surface area contributed by atoms with E-state index < -0.39 is 0 Å². The molecule has 0 bridgehead atoms. The highest BCUT2D eigenvalue weighted by molar-refractivity contribution is 7.14. The number of hydrogen-bond donors (Lipinski definition) is 1. The van der Waals surface area contributed by atoms with Crippen LogP contribution in [0, 0.1) is 0 Å². The fourth-order valence-corrected chi connectivity index (χ4v) is 3.14. The molecule has 3 heterocycles. The maximum absolute atomic E-state index is 6.09. The van der Waals surface area contributed by atoms with Crippen LogP contribution in [0.1, 0.15) is 16.8 Å². The summed E-state index contributed by atoms with van der Waals surface area (Å²) >= 11 is 3.24. The monoisotopic (exact) mass is 262 g/mol. The second-order valence-electron chi connectivity index (χ2n) is 3.54. The molecule has 3 rings (SSSR count). The molecule has 86 valence electrons. The van der Waals surface area contributed by atoms with Crippen LogP contribution in [0.3, 0.4) is 0 Å². The van der Waals surface area contributed by atoms with Crippen LogP contribution in [-0.2, 0) is 0 Å². The average molecular weight is 262 g/mol. The molecule has 1 unspecified atom stereocenters. The Kier molecular flexibility index (Phi) is 2.80. The maximum Gasteiger partial charge on any atom is 0.127 e. The molecule has 17 heavy (non-hydrogen) atoms. The number of hydrogen-bond acceptors (Lipinski definition) is 5. The molecule has 2 N–H and O–H groups in total. The minimum absolute atomic E-state index is 0.274. The third-order valence-corrected chi connectivity index (χ3v) is 4.23. The lowest BCUT2D eigenvalue weighted by molar-refractivity contribution is 0.489. The Labute approximate surface area is 107 Å². The van der Waals surface area contributed by atoms with E-state index in [-0.39, 0.29) is 6.04 Å².